The summed E-state index contributed by atoms with van der Waals surface area (Å²) in [6.45, 7) is 2.22. The van der Waals surface area contributed by atoms with Gasteiger partial charge in [0.25, 0.3) is 0 Å². The summed E-state index contributed by atoms with van der Waals surface area (Å²) in [6.07, 6.45) is 26.7. The number of esters is 1. The van der Waals surface area contributed by atoms with E-state index < -0.39 is 0 Å². The molecule has 0 fully saturated rings. The van der Waals surface area contributed by atoms with E-state index in [9.17, 15) is 4.79 Å². The van der Waals surface area contributed by atoms with Crippen LogP contribution in [0.15, 0.2) is 48.6 Å². The van der Waals surface area contributed by atoms with E-state index in [1.807, 2.05) is 0 Å². The lowest BCUT2D eigenvalue weighted by molar-refractivity contribution is -0.140. The second-order valence-electron chi connectivity index (χ2n) is 5.20. The molecular weight excluding hydrogens is 272 g/mol. The Morgan fingerprint density at radius 3 is 1.68 bits per heavy atom. The first-order valence-electron chi connectivity index (χ1n) is 8.48. The number of rotatable bonds is 13. The molecule has 0 atom stereocenters. The Morgan fingerprint density at radius 1 is 0.773 bits per heavy atom. The van der Waals surface area contributed by atoms with Crippen molar-refractivity contribution in [3.63, 3.8) is 0 Å². The number of hydrogen-bond donors (Lipinski definition) is 0. The molecule has 0 saturated carbocycles. The van der Waals surface area contributed by atoms with E-state index in [4.69, 9.17) is 0 Å². The highest BCUT2D eigenvalue weighted by molar-refractivity contribution is 5.68. The third-order valence-electron chi connectivity index (χ3n) is 3.19. The van der Waals surface area contributed by atoms with Crippen LogP contribution in [0.2, 0.25) is 0 Å². The van der Waals surface area contributed by atoms with Crippen LogP contribution in [0, 0.1) is 0 Å². The van der Waals surface area contributed by atoms with Gasteiger partial charge in [-0.05, 0) is 38.5 Å². The fourth-order valence-corrected chi connectivity index (χ4v) is 1.84. The molecule has 0 radical (unpaired) electrons. The van der Waals surface area contributed by atoms with Crippen LogP contribution < -0.4 is 0 Å². The minimum Gasteiger partial charge on any atom is -0.469 e. The number of unbranched alkanes of at least 4 members (excludes halogenated alkanes) is 3. The molecule has 22 heavy (non-hydrogen) atoms. The van der Waals surface area contributed by atoms with Gasteiger partial charge in [0.15, 0.2) is 0 Å². The van der Waals surface area contributed by atoms with E-state index >= 15 is 0 Å². The molecule has 124 valence electrons. The molecule has 0 aliphatic carbocycles. The molecule has 0 aliphatic heterocycles. The maximum Gasteiger partial charge on any atom is 0.305 e. The summed E-state index contributed by atoms with van der Waals surface area (Å²) in [5.41, 5.74) is 0. The topological polar surface area (TPSA) is 26.3 Å². The molecule has 0 aromatic carbocycles. The highest BCUT2D eigenvalue weighted by atomic mass is 16.5. The molecule has 0 aliphatic rings. The standard InChI is InChI=1S/C20H32O2/c1-3-4-5-6-7-8-9-10-11-12-13-14-15-16-17-18-19-20(21)22-2/h6-7,9-10,12-13,15-16H,3-5,8,11,14,17-19H2,1-2H3/b7-6+,10-9+,13-12+,16-15+. The molecule has 0 aromatic rings. The summed E-state index contributed by atoms with van der Waals surface area (Å²) in [5, 5.41) is 0. The van der Waals surface area contributed by atoms with Gasteiger partial charge in [0.2, 0.25) is 0 Å². The Hall–Kier alpha value is -1.57. The highest BCUT2D eigenvalue weighted by Crippen LogP contribution is 2.00. The van der Waals surface area contributed by atoms with Gasteiger partial charge in [0, 0.05) is 6.42 Å². The minimum absolute atomic E-state index is 0.125. The summed E-state index contributed by atoms with van der Waals surface area (Å²) in [5.74, 6) is -0.125. The average molecular weight is 304 g/mol. The SMILES string of the molecule is CCCC/C=C/C/C=C/C/C=C/C/C=C/CCCC(=O)OC. The molecule has 0 bridgehead atoms. The van der Waals surface area contributed by atoms with E-state index in [0.717, 1.165) is 32.1 Å². The van der Waals surface area contributed by atoms with Gasteiger partial charge < -0.3 is 4.74 Å². The zero-order valence-corrected chi connectivity index (χ0v) is 14.3. The largest absolute Gasteiger partial charge is 0.469 e. The van der Waals surface area contributed by atoms with Crippen LogP contribution >= 0.6 is 0 Å². The van der Waals surface area contributed by atoms with Gasteiger partial charge in [-0.1, -0.05) is 68.4 Å². The van der Waals surface area contributed by atoms with Crippen molar-refractivity contribution in [1.29, 1.82) is 0 Å². The number of allylic oxidation sites excluding steroid dienone is 8. The second kappa shape index (κ2) is 17.5. The molecule has 0 rings (SSSR count). The molecule has 2 heteroatoms. The monoisotopic (exact) mass is 304 g/mol. The lowest BCUT2D eigenvalue weighted by Crippen LogP contribution is -1.98. The van der Waals surface area contributed by atoms with E-state index in [2.05, 4.69) is 60.3 Å². The van der Waals surface area contributed by atoms with E-state index in [0.29, 0.717) is 6.42 Å². The van der Waals surface area contributed by atoms with Gasteiger partial charge in [-0.15, -0.1) is 0 Å². The summed E-state index contributed by atoms with van der Waals surface area (Å²) < 4.78 is 4.59. The predicted octanol–water partition coefficient (Wildman–Crippen LogP) is 5.92. The van der Waals surface area contributed by atoms with Gasteiger partial charge in [0.05, 0.1) is 7.11 Å². The van der Waals surface area contributed by atoms with Crippen molar-refractivity contribution in [2.75, 3.05) is 7.11 Å². The third kappa shape index (κ3) is 16.5. The van der Waals surface area contributed by atoms with Crippen LogP contribution in [0.5, 0.6) is 0 Å². The number of carbonyl (C=O) groups is 1. The van der Waals surface area contributed by atoms with Crippen LogP contribution in [0.3, 0.4) is 0 Å². The Labute approximate surface area is 136 Å². The van der Waals surface area contributed by atoms with Gasteiger partial charge in [-0.25, -0.2) is 0 Å². The first-order chi connectivity index (χ1) is 10.8. The number of ether oxygens (including phenoxy) is 1. The van der Waals surface area contributed by atoms with Gasteiger partial charge in [-0.2, -0.15) is 0 Å². The quantitative estimate of drug-likeness (QED) is 0.240. The maximum atomic E-state index is 10.9. The Bertz CT molecular complexity index is 362. The van der Waals surface area contributed by atoms with Crippen LogP contribution in [0.1, 0.15) is 64.7 Å². The smallest absolute Gasteiger partial charge is 0.305 e. The van der Waals surface area contributed by atoms with Crippen LogP contribution in [0.25, 0.3) is 0 Å². The average Bonchev–Trinajstić information content (AvgIpc) is 2.54. The second-order valence-corrected chi connectivity index (χ2v) is 5.20. The van der Waals surface area contributed by atoms with Crippen LogP contribution in [0.4, 0.5) is 0 Å². The summed E-state index contributed by atoms with van der Waals surface area (Å²) in [6, 6.07) is 0. The predicted molar refractivity (Wildman–Crippen MR) is 95.8 cm³/mol. The molecule has 0 saturated heterocycles. The molecule has 2 nitrogen and oxygen atoms in total. The number of methoxy groups -OCH3 is 1. The van der Waals surface area contributed by atoms with Crippen molar-refractivity contribution in [1.82, 2.24) is 0 Å². The molecule has 0 unspecified atom stereocenters. The van der Waals surface area contributed by atoms with Crippen molar-refractivity contribution in [2.24, 2.45) is 0 Å². The first-order valence-corrected chi connectivity index (χ1v) is 8.48. The van der Waals surface area contributed by atoms with Crippen molar-refractivity contribution in [3.05, 3.63) is 48.6 Å². The summed E-state index contributed by atoms with van der Waals surface area (Å²) in [7, 11) is 1.43. The maximum absolute atomic E-state index is 10.9. The number of hydrogen-bond acceptors (Lipinski definition) is 2. The normalized spacial score (nSPS) is 12.3. The van der Waals surface area contributed by atoms with Gasteiger partial charge in [0.1, 0.15) is 0 Å². The van der Waals surface area contributed by atoms with Gasteiger partial charge in [-0.3, -0.25) is 4.79 Å². The summed E-state index contributed by atoms with van der Waals surface area (Å²) in [4.78, 5) is 10.9. The first kappa shape index (κ1) is 20.4. The molecular formula is C20H32O2. The van der Waals surface area contributed by atoms with Crippen molar-refractivity contribution >= 4 is 5.97 Å². The zero-order valence-electron chi connectivity index (χ0n) is 14.3. The molecule has 0 N–H and O–H groups in total. The van der Waals surface area contributed by atoms with E-state index in [-0.39, 0.29) is 5.97 Å². The Balaban J connectivity index is 3.43. The fourth-order valence-electron chi connectivity index (χ4n) is 1.84. The lowest BCUT2D eigenvalue weighted by atomic mass is 10.2. The van der Waals surface area contributed by atoms with Crippen LogP contribution in [-0.2, 0) is 9.53 Å². The number of carbonyl (C=O) groups excluding carboxylic acids is 1. The fraction of sp³-hybridized carbons (Fsp3) is 0.550. The van der Waals surface area contributed by atoms with Crippen LogP contribution in [-0.4, -0.2) is 13.1 Å². The zero-order chi connectivity index (χ0) is 16.3. The summed E-state index contributed by atoms with van der Waals surface area (Å²) >= 11 is 0. The highest BCUT2D eigenvalue weighted by Gasteiger charge is 1.96. The van der Waals surface area contributed by atoms with E-state index in [1.165, 1.54) is 26.4 Å². The molecule has 0 spiro atoms. The molecule has 0 aromatic heterocycles. The Morgan fingerprint density at radius 2 is 1.23 bits per heavy atom. The van der Waals surface area contributed by atoms with E-state index in [1.54, 1.807) is 0 Å². The van der Waals surface area contributed by atoms with Crippen molar-refractivity contribution in [2.45, 2.75) is 64.7 Å². The van der Waals surface area contributed by atoms with Crippen molar-refractivity contribution in [3.8, 4) is 0 Å². The molecule has 0 heterocycles. The Kier molecular flexibility index (Phi) is 16.2. The molecule has 0 amide bonds. The minimum atomic E-state index is -0.125. The van der Waals surface area contributed by atoms with Gasteiger partial charge >= 0.3 is 5.97 Å². The lowest BCUT2D eigenvalue weighted by Gasteiger charge is -1.95. The third-order valence-corrected chi connectivity index (χ3v) is 3.19. The van der Waals surface area contributed by atoms with Crippen molar-refractivity contribution < 1.29 is 9.53 Å².